The van der Waals surface area contributed by atoms with Gasteiger partial charge < -0.3 is 24.3 Å². The molecule has 0 saturated carbocycles. The molecule has 0 aliphatic rings. The maximum atomic E-state index is 14.3. The highest BCUT2D eigenvalue weighted by Gasteiger charge is 2.36. The van der Waals surface area contributed by atoms with Gasteiger partial charge in [-0.1, -0.05) is 50.2 Å². The van der Waals surface area contributed by atoms with E-state index < -0.39 is 25.4 Å². The van der Waals surface area contributed by atoms with Gasteiger partial charge in [-0.3, -0.25) is 9.32 Å². The van der Waals surface area contributed by atoms with Crippen LogP contribution in [0.15, 0.2) is 54.6 Å². The molecule has 43 heavy (non-hydrogen) atoms. The lowest BCUT2D eigenvalue weighted by molar-refractivity contribution is -0.156. The molecule has 2 aromatic heterocycles. The quantitative estimate of drug-likeness (QED) is 0.128. The minimum atomic E-state index is -4.12. The fourth-order valence-electron chi connectivity index (χ4n) is 4.65. The van der Waals surface area contributed by atoms with Crippen molar-refractivity contribution in [1.29, 1.82) is 0 Å². The summed E-state index contributed by atoms with van der Waals surface area (Å²) in [6.45, 7) is 13.5. The Kier molecular flexibility index (Phi) is 10.1. The summed E-state index contributed by atoms with van der Waals surface area (Å²) in [4.78, 5) is 22.2. The van der Waals surface area contributed by atoms with Crippen molar-refractivity contribution in [2.75, 3.05) is 18.9 Å². The SMILES string of the molecule is CCOCc1nc2c(N)nc3ccccc3c2n1[C@H](CO[P@@](=O)(N[C@@H](C)C(=O)OC(C)(C)C)Oc1ccccc1)C(C)C. The highest BCUT2D eigenvalue weighted by molar-refractivity contribution is 7.52. The third kappa shape index (κ3) is 7.92. The lowest BCUT2D eigenvalue weighted by Gasteiger charge is -2.29. The van der Waals surface area contributed by atoms with E-state index in [9.17, 15) is 9.36 Å². The molecule has 0 aliphatic heterocycles. The molecule has 0 saturated heterocycles. The van der Waals surface area contributed by atoms with Crippen molar-refractivity contribution in [3.05, 3.63) is 60.4 Å². The third-order valence-corrected chi connectivity index (χ3v) is 8.30. The number of nitrogens with two attached hydrogens (primary N) is 1. The van der Waals surface area contributed by atoms with Crippen molar-refractivity contribution < 1.29 is 27.9 Å². The van der Waals surface area contributed by atoms with E-state index in [1.807, 2.05) is 55.7 Å². The van der Waals surface area contributed by atoms with Gasteiger partial charge in [0.1, 0.15) is 35.3 Å². The van der Waals surface area contributed by atoms with Crippen molar-refractivity contribution in [1.82, 2.24) is 19.6 Å². The van der Waals surface area contributed by atoms with Crippen LogP contribution in [0.3, 0.4) is 0 Å². The summed E-state index contributed by atoms with van der Waals surface area (Å²) in [7, 11) is -4.12. The molecule has 3 atom stereocenters. The molecule has 4 aromatic rings. The number of ether oxygens (including phenoxy) is 2. The van der Waals surface area contributed by atoms with Gasteiger partial charge in [-0.2, -0.15) is 5.09 Å². The zero-order valence-corrected chi connectivity index (χ0v) is 26.8. The molecule has 3 N–H and O–H groups in total. The van der Waals surface area contributed by atoms with E-state index in [1.54, 1.807) is 52.0 Å². The largest absolute Gasteiger partial charge is 0.459 e. The van der Waals surface area contributed by atoms with Gasteiger partial charge in [-0.25, -0.2) is 14.5 Å². The second-order valence-electron chi connectivity index (χ2n) is 11.6. The predicted octanol–water partition coefficient (Wildman–Crippen LogP) is 6.42. The Morgan fingerprint density at radius 1 is 1.05 bits per heavy atom. The molecule has 2 heterocycles. The van der Waals surface area contributed by atoms with Crippen molar-refractivity contribution in [3.8, 4) is 5.75 Å². The number of pyridine rings is 1. The number of imidazole rings is 1. The van der Waals surface area contributed by atoms with Crippen LogP contribution >= 0.6 is 7.75 Å². The molecule has 0 spiro atoms. The third-order valence-electron chi connectivity index (χ3n) is 6.66. The molecule has 2 aromatic carbocycles. The number of rotatable bonds is 13. The summed E-state index contributed by atoms with van der Waals surface area (Å²) in [5.41, 5.74) is 7.73. The number of nitrogen functional groups attached to an aromatic ring is 1. The number of nitrogens with one attached hydrogen (secondary N) is 1. The zero-order valence-electron chi connectivity index (χ0n) is 25.9. The number of benzene rings is 2. The Bertz CT molecular complexity index is 1600. The predicted molar refractivity (Wildman–Crippen MR) is 168 cm³/mol. The molecule has 0 amide bonds. The van der Waals surface area contributed by atoms with Gasteiger partial charge in [-0.05, 0) is 58.7 Å². The van der Waals surface area contributed by atoms with Crippen LogP contribution in [0, 0.1) is 5.92 Å². The molecule has 0 bridgehead atoms. The first-order valence-electron chi connectivity index (χ1n) is 14.4. The van der Waals surface area contributed by atoms with Crippen LogP contribution in [0.4, 0.5) is 5.82 Å². The molecule has 11 nitrogen and oxygen atoms in total. The molecular weight excluding hydrogens is 569 g/mol. The normalized spacial score (nSPS) is 15.0. The number of carbonyl (C=O) groups excluding carboxylic acids is 1. The summed E-state index contributed by atoms with van der Waals surface area (Å²) in [5.74, 6) is 0.671. The molecule has 4 rings (SSSR count). The maximum Gasteiger partial charge on any atom is 0.459 e. The van der Waals surface area contributed by atoms with Crippen LogP contribution in [0.25, 0.3) is 21.9 Å². The summed E-state index contributed by atoms with van der Waals surface area (Å²) >= 11 is 0. The number of hydrogen-bond acceptors (Lipinski definition) is 9. The average molecular weight is 612 g/mol. The van der Waals surface area contributed by atoms with Crippen LogP contribution in [-0.2, 0) is 30.0 Å². The number of esters is 1. The van der Waals surface area contributed by atoms with Gasteiger partial charge in [0.25, 0.3) is 0 Å². The summed E-state index contributed by atoms with van der Waals surface area (Å²) in [5, 5.41) is 3.65. The van der Waals surface area contributed by atoms with E-state index in [-0.39, 0.29) is 25.2 Å². The van der Waals surface area contributed by atoms with Gasteiger partial charge in [0.2, 0.25) is 0 Å². The van der Waals surface area contributed by atoms with Gasteiger partial charge in [0.05, 0.1) is 23.7 Å². The van der Waals surface area contributed by atoms with Gasteiger partial charge in [0.15, 0.2) is 5.82 Å². The smallest absolute Gasteiger partial charge is 0.459 e. The number of fused-ring (bicyclic) bond motifs is 3. The minimum absolute atomic E-state index is 0.0145. The Morgan fingerprint density at radius 3 is 2.37 bits per heavy atom. The van der Waals surface area contributed by atoms with Crippen LogP contribution in [0.2, 0.25) is 0 Å². The molecule has 0 fully saturated rings. The molecule has 232 valence electrons. The fraction of sp³-hybridized carbons (Fsp3) is 0.452. The zero-order chi connectivity index (χ0) is 31.4. The van der Waals surface area contributed by atoms with Crippen molar-refractivity contribution >= 4 is 41.5 Å². The topological polar surface area (TPSA) is 140 Å². The van der Waals surface area contributed by atoms with Crippen molar-refractivity contribution in [3.63, 3.8) is 0 Å². The highest BCUT2D eigenvalue weighted by Crippen LogP contribution is 2.46. The monoisotopic (exact) mass is 611 g/mol. The Hall–Kier alpha value is -3.50. The highest BCUT2D eigenvalue weighted by atomic mass is 31.2. The first-order chi connectivity index (χ1) is 20.3. The standard InChI is InChI=1S/C31H42N5O6P/c1-8-39-19-26-34-27-28(23-16-12-13-17-24(23)33-29(27)32)36(26)25(20(2)3)18-40-43(38,42-22-14-10-9-11-15-22)35-21(4)30(37)41-31(5,6)7/h9-17,20-21,25H,8,18-19H2,1-7H3,(H2,32,33)(H,35,38)/t21-,25+,43-/m0/s1. The lowest BCUT2D eigenvalue weighted by atomic mass is 10.0. The Balaban J connectivity index is 1.75. The molecular formula is C31H42N5O6P. The van der Waals surface area contributed by atoms with Crippen LogP contribution in [-0.4, -0.2) is 45.4 Å². The maximum absolute atomic E-state index is 14.3. The molecule has 0 radical (unpaired) electrons. The van der Waals surface area contributed by atoms with Gasteiger partial charge in [0, 0.05) is 12.0 Å². The van der Waals surface area contributed by atoms with Crippen molar-refractivity contribution in [2.24, 2.45) is 5.92 Å². The van der Waals surface area contributed by atoms with E-state index >= 15 is 0 Å². The Labute approximate surface area is 252 Å². The summed E-state index contributed by atoms with van der Waals surface area (Å²) in [6, 6.07) is 15.0. The fourth-order valence-corrected chi connectivity index (χ4v) is 6.16. The summed E-state index contributed by atoms with van der Waals surface area (Å²) in [6.07, 6.45) is 0. The van der Waals surface area contributed by atoms with Crippen LogP contribution in [0.1, 0.15) is 60.3 Å². The molecule has 0 unspecified atom stereocenters. The Morgan fingerprint density at radius 2 is 1.72 bits per heavy atom. The van der Waals surface area contributed by atoms with Gasteiger partial charge in [-0.15, -0.1) is 0 Å². The number of aromatic nitrogens is 3. The van der Waals surface area contributed by atoms with Crippen LogP contribution in [0.5, 0.6) is 5.75 Å². The number of anilines is 1. The number of carbonyl (C=O) groups is 1. The molecule has 0 aliphatic carbocycles. The van der Waals surface area contributed by atoms with Crippen LogP contribution < -0.4 is 15.3 Å². The van der Waals surface area contributed by atoms with Crippen molar-refractivity contribution in [2.45, 2.75) is 72.8 Å². The van der Waals surface area contributed by atoms with Gasteiger partial charge >= 0.3 is 13.7 Å². The summed E-state index contributed by atoms with van der Waals surface area (Å²) < 4.78 is 39.7. The minimum Gasteiger partial charge on any atom is -0.459 e. The van der Waals surface area contributed by atoms with E-state index in [2.05, 4.69) is 10.1 Å². The lowest BCUT2D eigenvalue weighted by Crippen LogP contribution is -2.39. The van der Waals surface area contributed by atoms with E-state index in [0.29, 0.717) is 29.5 Å². The first kappa shape index (κ1) is 32.4. The van der Waals surface area contributed by atoms with E-state index in [0.717, 1.165) is 16.4 Å². The number of nitrogens with zero attached hydrogens (tertiary/aromatic N) is 3. The molecule has 12 heteroatoms. The second-order valence-corrected chi connectivity index (χ2v) is 13.3. The number of hydrogen-bond donors (Lipinski definition) is 2. The number of para-hydroxylation sites is 2. The van der Waals surface area contributed by atoms with E-state index in [1.165, 1.54) is 0 Å². The van der Waals surface area contributed by atoms with E-state index in [4.69, 9.17) is 29.2 Å². The average Bonchev–Trinajstić information content (AvgIpc) is 3.31. The second kappa shape index (κ2) is 13.4. The first-order valence-corrected chi connectivity index (χ1v) is 16.0.